The van der Waals surface area contributed by atoms with Gasteiger partial charge in [-0.15, -0.1) is 0 Å². The van der Waals surface area contributed by atoms with Crippen molar-refractivity contribution in [2.75, 3.05) is 0 Å². The first kappa shape index (κ1) is 9.79. The second kappa shape index (κ2) is 2.88. The summed E-state index contributed by atoms with van der Waals surface area (Å²) in [6.45, 7) is 12.4. The first-order valence-electron chi connectivity index (χ1n) is 4.76. The van der Waals surface area contributed by atoms with Crippen molar-refractivity contribution in [2.45, 2.75) is 40.2 Å². The molecule has 1 N–H and O–H groups in total. The van der Waals surface area contributed by atoms with E-state index in [1.807, 2.05) is 0 Å². The highest BCUT2D eigenvalue weighted by Gasteiger charge is 2.48. The molecule has 1 aliphatic rings. The molecule has 0 aromatic heterocycles. The van der Waals surface area contributed by atoms with Crippen molar-refractivity contribution in [1.29, 1.82) is 0 Å². The van der Waals surface area contributed by atoms with Crippen LogP contribution < -0.4 is 0 Å². The van der Waals surface area contributed by atoms with E-state index in [2.05, 4.69) is 34.3 Å². The first-order valence-corrected chi connectivity index (χ1v) is 4.76. The van der Waals surface area contributed by atoms with Crippen LogP contribution in [0.2, 0.25) is 0 Å². The Hall–Kier alpha value is -0.300. The minimum atomic E-state index is -0.213. The molecule has 0 spiro atoms. The van der Waals surface area contributed by atoms with E-state index in [0.29, 0.717) is 11.8 Å². The summed E-state index contributed by atoms with van der Waals surface area (Å²) in [4.78, 5) is 0. The third-order valence-corrected chi connectivity index (χ3v) is 2.90. The average molecular weight is 168 g/mol. The molecule has 3 atom stereocenters. The monoisotopic (exact) mass is 168 g/mol. The molecule has 1 aliphatic carbocycles. The largest absolute Gasteiger partial charge is 0.392 e. The van der Waals surface area contributed by atoms with Gasteiger partial charge in [0.05, 0.1) is 6.10 Å². The number of aliphatic hydroxyl groups is 1. The van der Waals surface area contributed by atoms with E-state index in [1.165, 1.54) is 5.57 Å². The van der Waals surface area contributed by atoms with Crippen molar-refractivity contribution in [2.24, 2.45) is 17.3 Å². The average Bonchev–Trinajstić information content (AvgIpc) is 2.57. The van der Waals surface area contributed by atoms with Crippen molar-refractivity contribution in [1.82, 2.24) is 0 Å². The summed E-state index contributed by atoms with van der Waals surface area (Å²) in [7, 11) is 0. The van der Waals surface area contributed by atoms with Crippen LogP contribution in [-0.2, 0) is 0 Å². The molecule has 70 valence electrons. The van der Waals surface area contributed by atoms with Crippen LogP contribution in [0.15, 0.2) is 12.2 Å². The van der Waals surface area contributed by atoms with E-state index < -0.39 is 0 Å². The lowest BCUT2D eigenvalue weighted by Gasteiger charge is -2.25. The van der Waals surface area contributed by atoms with Crippen LogP contribution in [0.5, 0.6) is 0 Å². The van der Waals surface area contributed by atoms with E-state index in [4.69, 9.17) is 0 Å². The predicted octanol–water partition coefficient (Wildman–Crippen LogP) is 2.61. The number of hydrogen-bond donors (Lipinski definition) is 1. The van der Waals surface area contributed by atoms with Crippen LogP contribution in [0, 0.1) is 17.3 Å². The van der Waals surface area contributed by atoms with Gasteiger partial charge in [-0.1, -0.05) is 39.8 Å². The molecule has 0 radical (unpaired) electrons. The Morgan fingerprint density at radius 1 is 1.50 bits per heavy atom. The van der Waals surface area contributed by atoms with Gasteiger partial charge in [0, 0.05) is 5.92 Å². The maximum Gasteiger partial charge on any atom is 0.0659 e. The lowest BCUT2D eigenvalue weighted by molar-refractivity contribution is 0.0420. The van der Waals surface area contributed by atoms with E-state index in [9.17, 15) is 5.11 Å². The summed E-state index contributed by atoms with van der Waals surface area (Å²) in [6.07, 6.45) is 0.909. The standard InChI is InChI=1S/C11H20O/c1-6-8-7(2)9(8)10(12)11(3,4)5/h8-10,12H,2,6H2,1,3-5H3. The maximum absolute atomic E-state index is 9.94. The molecule has 3 unspecified atom stereocenters. The lowest BCUT2D eigenvalue weighted by Crippen LogP contribution is -2.28. The Bertz CT molecular complexity index is 188. The van der Waals surface area contributed by atoms with Crippen LogP contribution in [-0.4, -0.2) is 11.2 Å². The molecule has 1 saturated carbocycles. The predicted molar refractivity (Wildman–Crippen MR) is 51.9 cm³/mol. The second-order valence-electron chi connectivity index (χ2n) is 4.93. The second-order valence-corrected chi connectivity index (χ2v) is 4.93. The van der Waals surface area contributed by atoms with E-state index in [-0.39, 0.29) is 11.5 Å². The van der Waals surface area contributed by atoms with Gasteiger partial charge < -0.3 is 5.11 Å². The smallest absolute Gasteiger partial charge is 0.0659 e. The van der Waals surface area contributed by atoms with Crippen molar-refractivity contribution < 1.29 is 5.11 Å². The minimum Gasteiger partial charge on any atom is -0.392 e. The van der Waals surface area contributed by atoms with Gasteiger partial charge in [0.2, 0.25) is 0 Å². The Morgan fingerprint density at radius 3 is 2.25 bits per heavy atom. The molecular weight excluding hydrogens is 148 g/mol. The van der Waals surface area contributed by atoms with Gasteiger partial charge in [0.1, 0.15) is 0 Å². The molecule has 0 bridgehead atoms. The van der Waals surface area contributed by atoms with Crippen molar-refractivity contribution in [3.63, 3.8) is 0 Å². The Balaban J connectivity index is 2.57. The fraction of sp³-hybridized carbons (Fsp3) is 0.818. The molecule has 12 heavy (non-hydrogen) atoms. The van der Waals surface area contributed by atoms with Crippen molar-refractivity contribution >= 4 is 0 Å². The van der Waals surface area contributed by atoms with Gasteiger partial charge in [-0.05, 0) is 17.8 Å². The van der Waals surface area contributed by atoms with Crippen LogP contribution in [0.25, 0.3) is 0 Å². The molecule has 0 aliphatic heterocycles. The van der Waals surface area contributed by atoms with Crippen LogP contribution in [0.3, 0.4) is 0 Å². The fourth-order valence-electron chi connectivity index (χ4n) is 1.88. The normalized spacial score (nSPS) is 31.9. The number of rotatable bonds is 2. The Kier molecular flexibility index (Phi) is 2.35. The summed E-state index contributed by atoms with van der Waals surface area (Å²) in [5, 5.41) is 9.94. The molecular formula is C11H20O. The molecule has 0 saturated heterocycles. The zero-order valence-electron chi connectivity index (χ0n) is 8.59. The number of aliphatic hydroxyl groups excluding tert-OH is 1. The third-order valence-electron chi connectivity index (χ3n) is 2.90. The van der Waals surface area contributed by atoms with E-state index >= 15 is 0 Å². The minimum absolute atomic E-state index is 0.00245. The highest BCUT2D eigenvalue weighted by Crippen LogP contribution is 2.52. The summed E-state index contributed by atoms with van der Waals surface area (Å²) in [5.41, 5.74) is 1.25. The van der Waals surface area contributed by atoms with Crippen molar-refractivity contribution in [3.05, 3.63) is 12.2 Å². The van der Waals surface area contributed by atoms with Gasteiger partial charge in [0.25, 0.3) is 0 Å². The van der Waals surface area contributed by atoms with Crippen LogP contribution in [0.1, 0.15) is 34.1 Å². The van der Waals surface area contributed by atoms with Crippen LogP contribution >= 0.6 is 0 Å². The van der Waals surface area contributed by atoms with Gasteiger partial charge >= 0.3 is 0 Å². The highest BCUT2D eigenvalue weighted by molar-refractivity contribution is 5.28. The first-order chi connectivity index (χ1) is 5.39. The van der Waals surface area contributed by atoms with Gasteiger partial charge in [-0.3, -0.25) is 0 Å². The highest BCUT2D eigenvalue weighted by atomic mass is 16.3. The number of hydrogen-bond acceptors (Lipinski definition) is 1. The Morgan fingerprint density at radius 2 is 2.00 bits per heavy atom. The fourth-order valence-corrected chi connectivity index (χ4v) is 1.88. The van der Waals surface area contributed by atoms with Crippen molar-refractivity contribution in [3.8, 4) is 0 Å². The Labute approximate surface area is 75.5 Å². The topological polar surface area (TPSA) is 20.2 Å². The zero-order chi connectivity index (χ0) is 9.52. The molecule has 1 rings (SSSR count). The molecule has 0 aromatic carbocycles. The molecule has 0 aromatic rings. The molecule has 0 amide bonds. The van der Waals surface area contributed by atoms with Gasteiger partial charge in [0.15, 0.2) is 0 Å². The van der Waals surface area contributed by atoms with E-state index in [0.717, 1.165) is 6.42 Å². The maximum atomic E-state index is 9.94. The summed E-state index contributed by atoms with van der Waals surface area (Å²) >= 11 is 0. The summed E-state index contributed by atoms with van der Waals surface area (Å²) in [5.74, 6) is 0.953. The SMILES string of the molecule is C=C1C(CC)C1C(O)C(C)(C)C. The quantitative estimate of drug-likeness (QED) is 0.628. The van der Waals surface area contributed by atoms with Gasteiger partial charge in [-0.2, -0.15) is 0 Å². The molecule has 1 nitrogen and oxygen atoms in total. The third kappa shape index (κ3) is 1.56. The molecule has 1 fully saturated rings. The molecule has 1 heteroatoms. The summed E-state index contributed by atoms with van der Waals surface area (Å²) in [6, 6.07) is 0. The zero-order valence-corrected chi connectivity index (χ0v) is 8.59. The van der Waals surface area contributed by atoms with Gasteiger partial charge in [-0.25, -0.2) is 0 Å². The van der Waals surface area contributed by atoms with E-state index in [1.54, 1.807) is 0 Å². The molecule has 0 heterocycles. The summed E-state index contributed by atoms with van der Waals surface area (Å²) < 4.78 is 0. The van der Waals surface area contributed by atoms with Crippen LogP contribution in [0.4, 0.5) is 0 Å². The lowest BCUT2D eigenvalue weighted by atomic mass is 9.85.